The van der Waals surface area contributed by atoms with Gasteiger partial charge in [-0.15, -0.1) is 0 Å². The normalized spacial score (nSPS) is 19.5. The Morgan fingerprint density at radius 3 is 2.79 bits per heavy atom. The molecule has 0 radical (unpaired) electrons. The highest BCUT2D eigenvalue weighted by Gasteiger charge is 2.24. The third kappa shape index (κ3) is 4.47. The molecule has 2 aliphatic heterocycles. The summed E-state index contributed by atoms with van der Waals surface area (Å²) in [5.74, 6) is 0.956. The number of hydrogen-bond donors (Lipinski definition) is 1. The quantitative estimate of drug-likeness (QED) is 0.792. The molecule has 2 aromatic rings. The Hall–Kier alpha value is -2.12. The molecule has 28 heavy (non-hydrogen) atoms. The van der Waals surface area contributed by atoms with E-state index in [2.05, 4.69) is 15.3 Å². The topological polar surface area (TPSA) is 72.2 Å². The highest BCUT2D eigenvalue weighted by Crippen LogP contribution is 2.13. The monoisotopic (exact) mass is 403 g/mol. The summed E-state index contributed by atoms with van der Waals surface area (Å²) in [6.45, 7) is 3.91. The molecule has 8 heteroatoms. The summed E-state index contributed by atoms with van der Waals surface area (Å²) in [5.41, 5.74) is 0.974. The van der Waals surface area contributed by atoms with Gasteiger partial charge in [0.05, 0.1) is 13.0 Å². The third-order valence-corrected chi connectivity index (χ3v) is 5.83. The van der Waals surface area contributed by atoms with Crippen LogP contribution in [0.3, 0.4) is 0 Å². The zero-order chi connectivity index (χ0) is 19.5. The Labute approximate surface area is 169 Å². The molecule has 1 N–H and O–H groups in total. The van der Waals surface area contributed by atoms with Gasteiger partial charge in [0.25, 0.3) is 0 Å². The standard InChI is InChI=1S/C20H26ClN5O2/c21-16-6-4-15(5-7-16)13-19(27)22-17-8-10-24(14-17)11-12-26-20(28)25-9-2-1-3-18(25)23-26/h4-7,17H,1-3,8-14H2,(H,22,27). The lowest BCUT2D eigenvalue weighted by atomic mass is 10.1. The molecule has 0 bridgehead atoms. The summed E-state index contributed by atoms with van der Waals surface area (Å²) in [6.07, 6.45) is 4.36. The fourth-order valence-corrected chi connectivity index (χ4v) is 4.18. The zero-order valence-electron chi connectivity index (χ0n) is 15.9. The molecule has 1 aromatic heterocycles. The maximum atomic E-state index is 12.4. The molecule has 1 unspecified atom stereocenters. The summed E-state index contributed by atoms with van der Waals surface area (Å²) < 4.78 is 3.42. The second-order valence-corrected chi connectivity index (χ2v) is 8.12. The molecule has 1 amide bonds. The van der Waals surface area contributed by atoms with E-state index < -0.39 is 0 Å². The Morgan fingerprint density at radius 2 is 2.00 bits per heavy atom. The Bertz CT molecular complexity index is 889. The van der Waals surface area contributed by atoms with Gasteiger partial charge in [-0.1, -0.05) is 23.7 Å². The fourth-order valence-electron chi connectivity index (χ4n) is 4.05. The number of hydrogen-bond acceptors (Lipinski definition) is 4. The van der Waals surface area contributed by atoms with E-state index in [4.69, 9.17) is 11.6 Å². The van der Waals surface area contributed by atoms with Crippen LogP contribution in [-0.2, 0) is 30.7 Å². The maximum Gasteiger partial charge on any atom is 0.345 e. The van der Waals surface area contributed by atoms with Gasteiger partial charge >= 0.3 is 5.69 Å². The average Bonchev–Trinajstić information content (AvgIpc) is 3.26. The first-order valence-electron chi connectivity index (χ1n) is 10.0. The summed E-state index contributed by atoms with van der Waals surface area (Å²) in [6, 6.07) is 7.52. The van der Waals surface area contributed by atoms with Gasteiger partial charge in [-0.2, -0.15) is 5.10 Å². The predicted molar refractivity (Wildman–Crippen MR) is 108 cm³/mol. The van der Waals surface area contributed by atoms with Crippen LogP contribution in [-0.4, -0.2) is 50.8 Å². The number of aromatic nitrogens is 3. The van der Waals surface area contributed by atoms with Gasteiger partial charge in [0.1, 0.15) is 5.82 Å². The van der Waals surface area contributed by atoms with Crippen LogP contribution in [0.1, 0.15) is 30.7 Å². The Morgan fingerprint density at radius 1 is 1.18 bits per heavy atom. The van der Waals surface area contributed by atoms with Gasteiger partial charge in [0.15, 0.2) is 0 Å². The number of carbonyl (C=O) groups excluding carboxylic acids is 1. The van der Waals surface area contributed by atoms with Gasteiger partial charge in [0, 0.05) is 43.7 Å². The zero-order valence-corrected chi connectivity index (χ0v) is 16.7. The predicted octanol–water partition coefficient (Wildman–Crippen LogP) is 1.47. The van der Waals surface area contributed by atoms with E-state index in [0.29, 0.717) is 18.0 Å². The molecule has 3 heterocycles. The number of benzene rings is 1. The summed E-state index contributed by atoms with van der Waals surface area (Å²) in [5, 5.41) is 8.29. The molecule has 0 spiro atoms. The fraction of sp³-hybridized carbons (Fsp3) is 0.550. The van der Waals surface area contributed by atoms with Crippen LogP contribution in [0, 0.1) is 0 Å². The first-order valence-corrected chi connectivity index (χ1v) is 10.4. The van der Waals surface area contributed by atoms with Crippen molar-refractivity contribution < 1.29 is 4.79 Å². The van der Waals surface area contributed by atoms with Gasteiger partial charge in [-0.25, -0.2) is 9.48 Å². The largest absolute Gasteiger partial charge is 0.352 e. The van der Waals surface area contributed by atoms with Crippen molar-refractivity contribution in [3.63, 3.8) is 0 Å². The Kier molecular flexibility index (Phi) is 5.82. The molecule has 150 valence electrons. The molecule has 1 atom stereocenters. The third-order valence-electron chi connectivity index (χ3n) is 5.57. The van der Waals surface area contributed by atoms with E-state index in [-0.39, 0.29) is 17.6 Å². The Balaban J connectivity index is 1.24. The van der Waals surface area contributed by atoms with Crippen molar-refractivity contribution >= 4 is 17.5 Å². The van der Waals surface area contributed by atoms with Gasteiger partial charge in [0.2, 0.25) is 5.91 Å². The highest BCUT2D eigenvalue weighted by molar-refractivity contribution is 6.30. The average molecular weight is 404 g/mol. The van der Waals surface area contributed by atoms with E-state index in [1.807, 2.05) is 16.7 Å². The molecule has 0 aliphatic carbocycles. The van der Waals surface area contributed by atoms with Crippen LogP contribution >= 0.6 is 11.6 Å². The van der Waals surface area contributed by atoms with Crippen molar-refractivity contribution in [2.45, 2.75) is 51.2 Å². The van der Waals surface area contributed by atoms with Crippen molar-refractivity contribution in [1.29, 1.82) is 0 Å². The van der Waals surface area contributed by atoms with Crippen molar-refractivity contribution in [3.05, 3.63) is 51.2 Å². The van der Waals surface area contributed by atoms with Crippen LogP contribution in [0.25, 0.3) is 0 Å². The minimum Gasteiger partial charge on any atom is -0.352 e. The van der Waals surface area contributed by atoms with Crippen molar-refractivity contribution in [3.8, 4) is 0 Å². The minimum atomic E-state index is 0.0155. The molecule has 1 aromatic carbocycles. The molecule has 4 rings (SSSR count). The molecule has 1 fully saturated rings. The van der Waals surface area contributed by atoms with E-state index >= 15 is 0 Å². The molecular weight excluding hydrogens is 378 g/mol. The molecule has 1 saturated heterocycles. The van der Waals surface area contributed by atoms with E-state index in [9.17, 15) is 9.59 Å². The van der Waals surface area contributed by atoms with Gasteiger partial charge in [-0.05, 0) is 37.0 Å². The summed E-state index contributed by atoms with van der Waals surface area (Å²) >= 11 is 5.88. The van der Waals surface area contributed by atoms with Crippen LogP contribution in [0.2, 0.25) is 5.02 Å². The molecule has 7 nitrogen and oxygen atoms in total. The van der Waals surface area contributed by atoms with Gasteiger partial charge < -0.3 is 5.32 Å². The lowest BCUT2D eigenvalue weighted by Gasteiger charge is -2.16. The minimum absolute atomic E-state index is 0.0155. The van der Waals surface area contributed by atoms with E-state index in [1.165, 1.54) is 0 Å². The van der Waals surface area contributed by atoms with Crippen LogP contribution in [0.4, 0.5) is 0 Å². The molecule has 2 aliphatic rings. The first kappa shape index (κ1) is 19.2. The SMILES string of the molecule is O=C(Cc1ccc(Cl)cc1)NC1CCN(CCn2nc3n(c2=O)CCCC3)C1. The number of aryl methyl sites for hydroxylation is 1. The van der Waals surface area contributed by atoms with Gasteiger partial charge in [-0.3, -0.25) is 14.3 Å². The van der Waals surface area contributed by atoms with Crippen molar-refractivity contribution in [2.24, 2.45) is 0 Å². The molecular formula is C20H26ClN5O2. The van der Waals surface area contributed by atoms with E-state index in [1.54, 1.807) is 16.8 Å². The van der Waals surface area contributed by atoms with Crippen LogP contribution < -0.4 is 11.0 Å². The number of likely N-dealkylation sites (tertiary alicyclic amines) is 1. The van der Waals surface area contributed by atoms with E-state index in [0.717, 1.165) is 63.3 Å². The smallest absolute Gasteiger partial charge is 0.345 e. The first-order chi connectivity index (χ1) is 13.6. The highest BCUT2D eigenvalue weighted by atomic mass is 35.5. The molecule has 0 saturated carbocycles. The number of amides is 1. The lowest BCUT2D eigenvalue weighted by molar-refractivity contribution is -0.121. The van der Waals surface area contributed by atoms with Crippen LogP contribution in [0.5, 0.6) is 0 Å². The van der Waals surface area contributed by atoms with Crippen molar-refractivity contribution in [2.75, 3.05) is 19.6 Å². The number of rotatable bonds is 6. The number of halogens is 1. The second-order valence-electron chi connectivity index (χ2n) is 7.69. The lowest BCUT2D eigenvalue weighted by Crippen LogP contribution is -2.38. The number of nitrogens with one attached hydrogen (secondary N) is 1. The van der Waals surface area contributed by atoms with Crippen LogP contribution in [0.15, 0.2) is 29.1 Å². The van der Waals surface area contributed by atoms with Crippen molar-refractivity contribution in [1.82, 2.24) is 24.6 Å². The summed E-state index contributed by atoms with van der Waals surface area (Å²) in [7, 11) is 0. The summed E-state index contributed by atoms with van der Waals surface area (Å²) in [4.78, 5) is 27.0. The number of nitrogens with zero attached hydrogens (tertiary/aromatic N) is 4. The number of carbonyl (C=O) groups is 1. The maximum absolute atomic E-state index is 12.4. The second kappa shape index (κ2) is 8.49. The number of fused-ring (bicyclic) bond motifs is 1.